The van der Waals surface area contributed by atoms with Gasteiger partial charge < -0.3 is 19.7 Å². The van der Waals surface area contributed by atoms with Gasteiger partial charge in [0, 0.05) is 20.9 Å². The molecule has 0 saturated carbocycles. The predicted molar refractivity (Wildman–Crippen MR) is 171 cm³/mol. The van der Waals surface area contributed by atoms with Crippen LogP contribution in [0.4, 0.5) is 22.7 Å². The molecule has 0 fully saturated rings. The fourth-order valence-electron chi connectivity index (χ4n) is 5.41. The van der Waals surface area contributed by atoms with Gasteiger partial charge in [-0.25, -0.2) is 0 Å². The van der Waals surface area contributed by atoms with E-state index in [4.69, 9.17) is 0 Å². The van der Waals surface area contributed by atoms with Crippen molar-refractivity contribution in [3.05, 3.63) is 106 Å². The lowest BCUT2D eigenvalue weighted by Gasteiger charge is -2.25. The van der Waals surface area contributed by atoms with Gasteiger partial charge >= 0.3 is 0 Å². The summed E-state index contributed by atoms with van der Waals surface area (Å²) in [5, 5.41) is 6.20. The van der Waals surface area contributed by atoms with E-state index in [1.807, 2.05) is 12.1 Å². The quantitative estimate of drug-likeness (QED) is 0.139. The first kappa shape index (κ1) is 31.5. The monoisotopic (exact) mass is 628 g/mol. The number of aryl methyl sites for hydroxylation is 2. The van der Waals surface area contributed by atoms with Crippen molar-refractivity contribution in [2.24, 2.45) is 0 Å². The zero-order valence-electron chi connectivity index (χ0n) is 24.4. The van der Waals surface area contributed by atoms with E-state index in [0.717, 1.165) is 49.7 Å². The highest BCUT2D eigenvalue weighted by molar-refractivity contribution is 7.79. The Balaban J connectivity index is 1.62. The number of hydrogen-bond donors (Lipinski definition) is 2. The van der Waals surface area contributed by atoms with Crippen LogP contribution in [-0.2, 0) is 35.0 Å². The van der Waals surface area contributed by atoms with Crippen molar-refractivity contribution in [3.63, 3.8) is 0 Å². The van der Waals surface area contributed by atoms with Crippen molar-refractivity contribution in [2.45, 2.75) is 62.2 Å². The molecule has 0 saturated heterocycles. The van der Waals surface area contributed by atoms with E-state index in [-0.39, 0.29) is 54.8 Å². The van der Waals surface area contributed by atoms with Crippen molar-refractivity contribution < 1.29 is 27.1 Å². The van der Waals surface area contributed by atoms with Gasteiger partial charge in [-0.1, -0.05) is 63.1 Å². The Morgan fingerprint density at radius 2 is 0.977 bits per heavy atom. The second kappa shape index (κ2) is 13.8. The fraction of sp³-hybridized carbons (Fsp3) is 0.235. The summed E-state index contributed by atoms with van der Waals surface area (Å²) >= 11 is -5.12. The van der Waals surface area contributed by atoms with Gasteiger partial charge in [0.05, 0.1) is 33.9 Å². The van der Waals surface area contributed by atoms with Crippen LogP contribution in [-0.4, -0.2) is 29.1 Å². The molecule has 4 aromatic carbocycles. The van der Waals surface area contributed by atoms with Gasteiger partial charge in [0.25, 0.3) is 0 Å². The maximum absolute atomic E-state index is 13.9. The van der Waals surface area contributed by atoms with Gasteiger partial charge in [0.15, 0.2) is 11.6 Å². The lowest BCUT2D eigenvalue weighted by atomic mass is 9.82. The first-order chi connectivity index (χ1) is 21.2. The highest BCUT2D eigenvalue weighted by atomic mass is 32.2. The standard InChI is InChI=1S/C34H34N2O6S2/c1-3-5-9-21-13-15-25(29(19-21)43(39)40)35-27-17-18-28(32-31(27)33(37)23-11-7-8-12-24(23)34(32)38)36-26-16-14-22(10-6-4-2)20-30(26)44(41)42/h7-8,11-20,35-36H,3-6,9-10H2,1-2H3,(H,39,40)(H,41,42)/p-2. The van der Waals surface area contributed by atoms with Crippen molar-refractivity contribution in [1.29, 1.82) is 0 Å². The van der Waals surface area contributed by atoms with Crippen molar-refractivity contribution in [3.8, 4) is 0 Å². The van der Waals surface area contributed by atoms with Crippen LogP contribution in [0, 0.1) is 0 Å². The molecule has 2 unspecified atom stereocenters. The Hall–Kier alpha value is -3.96. The number of anilines is 4. The minimum Gasteiger partial charge on any atom is -0.768 e. The van der Waals surface area contributed by atoms with Gasteiger partial charge in [-0.15, -0.1) is 0 Å². The molecule has 228 valence electrons. The lowest BCUT2D eigenvalue weighted by molar-refractivity contribution is 0.0980. The molecule has 0 heterocycles. The Morgan fingerprint density at radius 3 is 1.34 bits per heavy atom. The number of fused-ring (bicyclic) bond motifs is 2. The molecular weight excluding hydrogens is 597 g/mol. The summed E-state index contributed by atoms with van der Waals surface area (Å²) in [6.07, 6.45) is 5.23. The van der Waals surface area contributed by atoms with Gasteiger partial charge in [-0.05, 0) is 95.4 Å². The summed E-state index contributed by atoms with van der Waals surface area (Å²) in [7, 11) is 0. The lowest BCUT2D eigenvalue weighted by Crippen LogP contribution is -2.23. The van der Waals surface area contributed by atoms with Gasteiger partial charge in [-0.2, -0.15) is 0 Å². The van der Waals surface area contributed by atoms with Crippen LogP contribution in [0.1, 0.15) is 82.5 Å². The number of hydrogen-bond acceptors (Lipinski definition) is 8. The van der Waals surface area contributed by atoms with Gasteiger partial charge in [-0.3, -0.25) is 18.0 Å². The number of unbranched alkanes of at least 4 members (excludes halogenated alkanes) is 2. The highest BCUT2D eigenvalue weighted by Gasteiger charge is 2.34. The molecular formula is C34H32N2O6S2-2. The molecule has 4 aromatic rings. The number of carbonyl (C=O) groups is 2. The molecule has 2 atom stereocenters. The SMILES string of the molecule is CCCCc1ccc(Nc2ccc(Nc3ccc(CCCC)cc3S(=O)[O-])c3c2C(=O)c2ccccc2C3=O)c(S(=O)[O-])c1. The average molecular weight is 629 g/mol. The minimum absolute atomic E-state index is 0.0512. The molecule has 1 aliphatic rings. The Morgan fingerprint density at radius 1 is 0.591 bits per heavy atom. The van der Waals surface area contributed by atoms with Crippen LogP contribution in [0.15, 0.2) is 82.6 Å². The molecule has 0 aromatic heterocycles. The first-order valence-electron chi connectivity index (χ1n) is 14.6. The summed E-state index contributed by atoms with van der Waals surface area (Å²) in [5.74, 6) is -0.818. The molecule has 8 nitrogen and oxygen atoms in total. The van der Waals surface area contributed by atoms with Crippen molar-refractivity contribution in [2.75, 3.05) is 10.6 Å². The maximum atomic E-state index is 13.9. The number of ketones is 2. The zero-order valence-corrected chi connectivity index (χ0v) is 26.1. The van der Waals surface area contributed by atoms with E-state index in [0.29, 0.717) is 0 Å². The normalized spacial score (nSPS) is 13.6. The van der Waals surface area contributed by atoms with E-state index in [1.54, 1.807) is 60.7 Å². The molecule has 1 aliphatic carbocycles. The van der Waals surface area contributed by atoms with E-state index >= 15 is 0 Å². The molecule has 0 bridgehead atoms. The largest absolute Gasteiger partial charge is 0.768 e. The number of benzene rings is 4. The predicted octanol–water partition coefficient (Wildman–Crippen LogP) is 7.11. The number of carbonyl (C=O) groups excluding carboxylic acids is 2. The molecule has 2 N–H and O–H groups in total. The summed E-state index contributed by atoms with van der Waals surface area (Å²) in [6, 6.07) is 19.9. The third-order valence-corrected chi connectivity index (χ3v) is 9.10. The summed E-state index contributed by atoms with van der Waals surface area (Å²) < 4.78 is 48.8. The van der Waals surface area contributed by atoms with E-state index < -0.39 is 33.7 Å². The molecule has 10 heteroatoms. The van der Waals surface area contributed by atoms with E-state index in [9.17, 15) is 27.1 Å². The minimum atomic E-state index is -2.56. The summed E-state index contributed by atoms with van der Waals surface area (Å²) in [5.41, 5.74) is 3.42. The van der Waals surface area contributed by atoms with Gasteiger partial charge in [0.1, 0.15) is 0 Å². The van der Waals surface area contributed by atoms with Crippen LogP contribution in [0.3, 0.4) is 0 Å². The third kappa shape index (κ3) is 6.44. The smallest absolute Gasteiger partial charge is 0.196 e. The third-order valence-electron chi connectivity index (χ3n) is 7.70. The maximum Gasteiger partial charge on any atom is 0.196 e. The Labute approximate surface area is 261 Å². The van der Waals surface area contributed by atoms with E-state index in [1.165, 1.54) is 0 Å². The van der Waals surface area contributed by atoms with Gasteiger partial charge in [0.2, 0.25) is 0 Å². The van der Waals surface area contributed by atoms with Crippen LogP contribution in [0.5, 0.6) is 0 Å². The molecule has 44 heavy (non-hydrogen) atoms. The summed E-state index contributed by atoms with van der Waals surface area (Å²) in [6.45, 7) is 4.12. The summed E-state index contributed by atoms with van der Waals surface area (Å²) in [4.78, 5) is 28.0. The van der Waals surface area contributed by atoms with Crippen molar-refractivity contribution >= 4 is 56.5 Å². The fourth-order valence-corrected chi connectivity index (χ4v) is 6.50. The Kier molecular flexibility index (Phi) is 9.85. The topological polar surface area (TPSA) is 138 Å². The van der Waals surface area contributed by atoms with Crippen LogP contribution in [0.25, 0.3) is 0 Å². The molecule has 0 amide bonds. The average Bonchev–Trinajstić information content (AvgIpc) is 3.02. The first-order valence-corrected chi connectivity index (χ1v) is 16.7. The Bertz CT molecular complexity index is 1670. The molecule has 0 spiro atoms. The number of rotatable bonds is 12. The second-order valence-electron chi connectivity index (χ2n) is 10.7. The second-order valence-corrected chi connectivity index (χ2v) is 12.5. The van der Waals surface area contributed by atoms with E-state index in [2.05, 4.69) is 24.5 Å². The molecule has 0 aliphatic heterocycles. The van der Waals surface area contributed by atoms with Crippen LogP contribution in [0.2, 0.25) is 0 Å². The number of nitrogens with one attached hydrogen (secondary N) is 2. The van der Waals surface area contributed by atoms with Crippen LogP contribution >= 0.6 is 0 Å². The van der Waals surface area contributed by atoms with Crippen molar-refractivity contribution in [1.82, 2.24) is 0 Å². The molecule has 5 rings (SSSR count). The molecule has 0 radical (unpaired) electrons. The zero-order chi connectivity index (χ0) is 31.4. The highest BCUT2D eigenvalue weighted by Crippen LogP contribution is 2.40. The van der Waals surface area contributed by atoms with Crippen LogP contribution < -0.4 is 10.6 Å².